The Morgan fingerprint density at radius 3 is 2.69 bits per heavy atom. The molecule has 0 radical (unpaired) electrons. The molecule has 0 aliphatic rings. The highest BCUT2D eigenvalue weighted by Gasteiger charge is 2.12. The van der Waals surface area contributed by atoms with Crippen molar-refractivity contribution in [2.75, 3.05) is 5.32 Å². The van der Waals surface area contributed by atoms with Crippen LogP contribution in [0.15, 0.2) is 71.1 Å². The summed E-state index contributed by atoms with van der Waals surface area (Å²) in [6.45, 7) is 1.95. The molecule has 4 rings (SSSR count). The van der Waals surface area contributed by atoms with Gasteiger partial charge in [0.05, 0.1) is 10.6 Å². The van der Waals surface area contributed by atoms with E-state index in [2.05, 4.69) is 10.3 Å². The van der Waals surface area contributed by atoms with Crippen molar-refractivity contribution in [3.8, 4) is 11.5 Å². The lowest BCUT2D eigenvalue weighted by Crippen LogP contribution is -2.11. The number of aryl methyl sites for hydroxylation is 1. The van der Waals surface area contributed by atoms with E-state index in [0.717, 1.165) is 11.1 Å². The van der Waals surface area contributed by atoms with Crippen molar-refractivity contribution in [3.63, 3.8) is 0 Å². The minimum atomic E-state index is -0.168. The fourth-order valence-corrected chi connectivity index (χ4v) is 2.96. The van der Waals surface area contributed by atoms with Crippen LogP contribution in [0.4, 0.5) is 5.69 Å². The Balaban J connectivity index is 1.64. The van der Waals surface area contributed by atoms with E-state index in [-0.39, 0.29) is 5.91 Å². The first-order chi connectivity index (χ1) is 12.6. The summed E-state index contributed by atoms with van der Waals surface area (Å²) < 4.78 is 5.84. The van der Waals surface area contributed by atoms with Gasteiger partial charge >= 0.3 is 0 Å². The standard InChI is InChI=1S/C21H15ClN2O2/c1-13-5-4-6-14(11-13)20(25)23-15-9-10-18-19(12-15)26-21(24-18)16-7-2-3-8-17(16)22/h2-12H,1H3,(H,23,25). The zero-order valence-corrected chi connectivity index (χ0v) is 14.7. The van der Waals surface area contributed by atoms with E-state index < -0.39 is 0 Å². The number of oxazole rings is 1. The first-order valence-electron chi connectivity index (χ1n) is 8.14. The van der Waals surface area contributed by atoms with E-state index in [4.69, 9.17) is 16.0 Å². The molecule has 4 aromatic rings. The molecular formula is C21H15ClN2O2. The fourth-order valence-electron chi connectivity index (χ4n) is 2.74. The normalized spacial score (nSPS) is 10.8. The number of carbonyl (C=O) groups is 1. The Kier molecular flexibility index (Phi) is 4.19. The van der Waals surface area contributed by atoms with Gasteiger partial charge in [0.2, 0.25) is 5.89 Å². The number of hydrogen-bond acceptors (Lipinski definition) is 3. The molecule has 26 heavy (non-hydrogen) atoms. The topological polar surface area (TPSA) is 55.1 Å². The molecule has 0 saturated carbocycles. The number of fused-ring (bicyclic) bond motifs is 1. The molecule has 4 nitrogen and oxygen atoms in total. The maximum absolute atomic E-state index is 12.4. The summed E-state index contributed by atoms with van der Waals surface area (Å²) in [4.78, 5) is 16.9. The molecule has 1 heterocycles. The summed E-state index contributed by atoms with van der Waals surface area (Å²) in [5.41, 5.74) is 4.31. The maximum atomic E-state index is 12.4. The number of benzene rings is 3. The Bertz CT molecular complexity index is 1120. The third-order valence-electron chi connectivity index (χ3n) is 4.03. The van der Waals surface area contributed by atoms with Crippen LogP contribution in [0, 0.1) is 6.92 Å². The van der Waals surface area contributed by atoms with Crippen LogP contribution < -0.4 is 5.32 Å². The van der Waals surface area contributed by atoms with Crippen molar-refractivity contribution < 1.29 is 9.21 Å². The highest BCUT2D eigenvalue weighted by Crippen LogP contribution is 2.30. The van der Waals surface area contributed by atoms with Crippen molar-refractivity contribution in [1.29, 1.82) is 0 Å². The molecule has 1 aromatic heterocycles. The second-order valence-electron chi connectivity index (χ2n) is 6.00. The predicted molar refractivity (Wildman–Crippen MR) is 104 cm³/mol. The van der Waals surface area contributed by atoms with E-state index in [1.807, 2.05) is 49.4 Å². The Hall–Kier alpha value is -3.11. The molecular weight excluding hydrogens is 348 g/mol. The molecule has 3 aromatic carbocycles. The number of nitrogens with zero attached hydrogens (tertiary/aromatic N) is 1. The average molecular weight is 363 g/mol. The van der Waals surface area contributed by atoms with Crippen LogP contribution in [-0.4, -0.2) is 10.9 Å². The second kappa shape index (κ2) is 6.65. The number of rotatable bonds is 3. The third-order valence-corrected chi connectivity index (χ3v) is 4.36. The van der Waals surface area contributed by atoms with Crippen molar-refractivity contribution >= 4 is 34.3 Å². The van der Waals surface area contributed by atoms with Crippen molar-refractivity contribution in [1.82, 2.24) is 4.98 Å². The minimum absolute atomic E-state index is 0.168. The zero-order chi connectivity index (χ0) is 18.1. The van der Waals surface area contributed by atoms with Gasteiger partial charge in [0, 0.05) is 17.3 Å². The van der Waals surface area contributed by atoms with Gasteiger partial charge in [-0.3, -0.25) is 4.79 Å². The van der Waals surface area contributed by atoms with Gasteiger partial charge in [-0.25, -0.2) is 4.98 Å². The lowest BCUT2D eigenvalue weighted by Gasteiger charge is -2.05. The SMILES string of the molecule is Cc1cccc(C(=O)Nc2ccc3nc(-c4ccccc4Cl)oc3c2)c1. The summed E-state index contributed by atoms with van der Waals surface area (Å²) in [5.74, 6) is 0.284. The molecule has 0 fully saturated rings. The molecule has 0 spiro atoms. The van der Waals surface area contributed by atoms with Gasteiger partial charge in [0.1, 0.15) is 5.52 Å². The number of nitrogens with one attached hydrogen (secondary N) is 1. The number of hydrogen-bond donors (Lipinski definition) is 1. The number of aromatic nitrogens is 1. The van der Waals surface area contributed by atoms with Gasteiger partial charge in [-0.2, -0.15) is 0 Å². The summed E-state index contributed by atoms with van der Waals surface area (Å²) in [6.07, 6.45) is 0. The summed E-state index contributed by atoms with van der Waals surface area (Å²) in [6, 6.07) is 20.2. The monoisotopic (exact) mass is 362 g/mol. The quantitative estimate of drug-likeness (QED) is 0.508. The van der Waals surface area contributed by atoms with Gasteiger partial charge < -0.3 is 9.73 Å². The van der Waals surface area contributed by atoms with E-state index in [9.17, 15) is 4.79 Å². The molecule has 1 N–H and O–H groups in total. The van der Waals surface area contributed by atoms with Gasteiger partial charge in [0.25, 0.3) is 5.91 Å². The Morgan fingerprint density at radius 1 is 1.04 bits per heavy atom. The number of carbonyl (C=O) groups excluding carboxylic acids is 1. The number of halogens is 1. The fraction of sp³-hybridized carbons (Fsp3) is 0.0476. The molecule has 0 unspecified atom stereocenters. The van der Waals surface area contributed by atoms with Crippen molar-refractivity contribution in [2.24, 2.45) is 0 Å². The minimum Gasteiger partial charge on any atom is -0.436 e. The predicted octanol–water partition coefficient (Wildman–Crippen LogP) is 5.71. The van der Waals surface area contributed by atoms with Crippen LogP contribution >= 0.6 is 11.6 Å². The smallest absolute Gasteiger partial charge is 0.255 e. The molecule has 0 atom stereocenters. The summed E-state index contributed by atoms with van der Waals surface area (Å²) >= 11 is 6.21. The van der Waals surface area contributed by atoms with Gasteiger partial charge in [-0.1, -0.05) is 41.4 Å². The lowest BCUT2D eigenvalue weighted by atomic mass is 10.1. The number of anilines is 1. The van der Waals surface area contributed by atoms with E-state index in [1.165, 1.54) is 0 Å². The molecule has 0 bridgehead atoms. The van der Waals surface area contributed by atoms with Crippen LogP contribution in [-0.2, 0) is 0 Å². The van der Waals surface area contributed by atoms with Crippen LogP contribution in [0.1, 0.15) is 15.9 Å². The first-order valence-corrected chi connectivity index (χ1v) is 8.51. The van der Waals surface area contributed by atoms with Crippen LogP contribution in [0.5, 0.6) is 0 Å². The van der Waals surface area contributed by atoms with Crippen molar-refractivity contribution in [2.45, 2.75) is 6.92 Å². The van der Waals surface area contributed by atoms with Crippen LogP contribution in [0.25, 0.3) is 22.6 Å². The molecule has 0 aliphatic carbocycles. The average Bonchev–Trinajstić information content (AvgIpc) is 3.05. The second-order valence-corrected chi connectivity index (χ2v) is 6.41. The number of amides is 1. The molecule has 0 aliphatic heterocycles. The first kappa shape index (κ1) is 16.4. The molecule has 5 heteroatoms. The highest BCUT2D eigenvalue weighted by atomic mass is 35.5. The van der Waals surface area contributed by atoms with Gasteiger partial charge in [-0.05, 0) is 43.3 Å². The van der Waals surface area contributed by atoms with E-state index in [1.54, 1.807) is 24.3 Å². The maximum Gasteiger partial charge on any atom is 0.255 e. The van der Waals surface area contributed by atoms with Crippen molar-refractivity contribution in [3.05, 3.63) is 82.9 Å². The van der Waals surface area contributed by atoms with Crippen LogP contribution in [0.2, 0.25) is 5.02 Å². The highest BCUT2D eigenvalue weighted by molar-refractivity contribution is 6.33. The van der Waals surface area contributed by atoms with E-state index in [0.29, 0.717) is 33.3 Å². The van der Waals surface area contributed by atoms with Gasteiger partial charge in [0.15, 0.2) is 5.58 Å². The third kappa shape index (κ3) is 3.19. The largest absolute Gasteiger partial charge is 0.436 e. The van der Waals surface area contributed by atoms with Crippen LogP contribution in [0.3, 0.4) is 0 Å². The summed E-state index contributed by atoms with van der Waals surface area (Å²) in [5, 5.41) is 3.46. The van der Waals surface area contributed by atoms with E-state index >= 15 is 0 Å². The Labute approximate surface area is 155 Å². The zero-order valence-electron chi connectivity index (χ0n) is 14.0. The Morgan fingerprint density at radius 2 is 1.88 bits per heavy atom. The summed E-state index contributed by atoms with van der Waals surface area (Å²) in [7, 11) is 0. The van der Waals surface area contributed by atoms with Gasteiger partial charge in [-0.15, -0.1) is 0 Å². The molecule has 1 amide bonds. The molecule has 128 valence electrons. The molecule has 0 saturated heterocycles. The lowest BCUT2D eigenvalue weighted by molar-refractivity contribution is 0.102.